The fourth-order valence-corrected chi connectivity index (χ4v) is 2.43. The number of likely N-dealkylation sites (N-methyl/N-ethyl adjacent to an activating group) is 1. The molecule has 1 aliphatic heterocycles. The van der Waals surface area contributed by atoms with Crippen molar-refractivity contribution in [1.29, 1.82) is 0 Å². The van der Waals surface area contributed by atoms with Gasteiger partial charge in [0.05, 0.1) is 5.69 Å². The topological polar surface area (TPSA) is 111 Å². The standard InChI is InChI=1S/C14H20N4O3/c1-18-6-2-3-10(8-18)17-13(19)9-4-5-11(15)12(7-9)21-14(16)20/h4-5,7,10H,2-3,6,8,15H2,1H3,(H2,16,20)(H,17,19). The van der Waals surface area contributed by atoms with Gasteiger partial charge in [0.1, 0.15) is 0 Å². The highest BCUT2D eigenvalue weighted by molar-refractivity contribution is 5.95. The van der Waals surface area contributed by atoms with Gasteiger partial charge in [-0.2, -0.15) is 0 Å². The van der Waals surface area contributed by atoms with E-state index in [0.29, 0.717) is 5.56 Å². The summed E-state index contributed by atoms with van der Waals surface area (Å²) in [6.07, 6.45) is 1.04. The van der Waals surface area contributed by atoms with Gasteiger partial charge < -0.3 is 26.4 Å². The number of anilines is 1. The minimum Gasteiger partial charge on any atom is -0.408 e. The number of carbonyl (C=O) groups excluding carboxylic acids is 2. The molecule has 2 rings (SSSR count). The van der Waals surface area contributed by atoms with Crippen molar-refractivity contribution in [2.45, 2.75) is 18.9 Å². The van der Waals surface area contributed by atoms with E-state index in [2.05, 4.69) is 10.2 Å². The summed E-state index contributed by atoms with van der Waals surface area (Å²) in [6, 6.07) is 4.64. The number of nitrogens with one attached hydrogen (secondary N) is 1. The SMILES string of the molecule is CN1CCCC(NC(=O)c2ccc(N)c(OC(N)=O)c2)C1. The fourth-order valence-electron chi connectivity index (χ4n) is 2.43. The van der Waals surface area contributed by atoms with Crippen LogP contribution in [-0.2, 0) is 0 Å². The molecule has 0 bridgehead atoms. The van der Waals surface area contributed by atoms with E-state index >= 15 is 0 Å². The second-order valence-corrected chi connectivity index (χ2v) is 5.25. The Morgan fingerprint density at radius 2 is 2.19 bits per heavy atom. The lowest BCUT2D eigenvalue weighted by molar-refractivity contribution is 0.0912. The Bertz CT molecular complexity index is 547. The summed E-state index contributed by atoms with van der Waals surface area (Å²) < 4.78 is 4.77. The fraction of sp³-hybridized carbons (Fsp3) is 0.429. The van der Waals surface area contributed by atoms with Gasteiger partial charge in [-0.1, -0.05) is 0 Å². The number of carbonyl (C=O) groups is 2. The van der Waals surface area contributed by atoms with Gasteiger partial charge in [0, 0.05) is 18.2 Å². The summed E-state index contributed by atoms with van der Waals surface area (Å²) in [6.45, 7) is 1.87. The Hall–Kier alpha value is -2.28. The number of hydrogen-bond acceptors (Lipinski definition) is 5. The predicted molar refractivity (Wildman–Crippen MR) is 79.1 cm³/mol. The van der Waals surface area contributed by atoms with Crippen LogP contribution in [0.25, 0.3) is 0 Å². The van der Waals surface area contributed by atoms with E-state index in [1.165, 1.54) is 12.1 Å². The molecule has 114 valence electrons. The first-order valence-corrected chi connectivity index (χ1v) is 6.82. The Kier molecular flexibility index (Phi) is 4.64. The number of nitrogen functional groups attached to an aromatic ring is 1. The number of rotatable bonds is 3. The van der Waals surface area contributed by atoms with Crippen LogP contribution in [0.5, 0.6) is 5.75 Å². The molecule has 1 aliphatic rings. The number of amides is 2. The van der Waals surface area contributed by atoms with E-state index in [1.807, 2.05) is 7.05 Å². The second-order valence-electron chi connectivity index (χ2n) is 5.25. The number of ether oxygens (including phenoxy) is 1. The van der Waals surface area contributed by atoms with Crippen molar-refractivity contribution in [3.05, 3.63) is 23.8 Å². The quantitative estimate of drug-likeness (QED) is 0.705. The van der Waals surface area contributed by atoms with Crippen molar-refractivity contribution in [2.75, 3.05) is 25.9 Å². The third-order valence-electron chi connectivity index (χ3n) is 3.45. The largest absolute Gasteiger partial charge is 0.410 e. The minimum atomic E-state index is -0.965. The minimum absolute atomic E-state index is 0.0934. The number of likely N-dealkylation sites (tertiary alicyclic amines) is 1. The van der Waals surface area contributed by atoms with Gasteiger partial charge in [-0.3, -0.25) is 4.79 Å². The van der Waals surface area contributed by atoms with E-state index in [4.69, 9.17) is 16.2 Å². The molecule has 2 amide bonds. The Balaban J connectivity index is 2.06. The molecule has 1 aromatic carbocycles. The Labute approximate surface area is 123 Å². The number of hydrogen-bond donors (Lipinski definition) is 3. The van der Waals surface area contributed by atoms with Crippen molar-refractivity contribution in [2.24, 2.45) is 5.73 Å². The molecule has 0 aromatic heterocycles. The molecule has 0 radical (unpaired) electrons. The summed E-state index contributed by atoms with van der Waals surface area (Å²) in [7, 11) is 2.03. The lowest BCUT2D eigenvalue weighted by Crippen LogP contribution is -2.46. The van der Waals surface area contributed by atoms with Crippen LogP contribution >= 0.6 is 0 Å². The molecule has 7 nitrogen and oxygen atoms in total. The second kappa shape index (κ2) is 6.45. The van der Waals surface area contributed by atoms with Crippen molar-refractivity contribution < 1.29 is 14.3 Å². The van der Waals surface area contributed by atoms with Crippen LogP contribution in [0.4, 0.5) is 10.5 Å². The van der Waals surface area contributed by atoms with Gasteiger partial charge in [-0.05, 0) is 44.6 Å². The third-order valence-corrected chi connectivity index (χ3v) is 3.45. The van der Waals surface area contributed by atoms with E-state index in [-0.39, 0.29) is 23.4 Å². The highest BCUT2D eigenvalue weighted by atomic mass is 16.5. The third kappa shape index (κ3) is 4.09. The maximum absolute atomic E-state index is 12.2. The normalized spacial score (nSPS) is 19.0. The van der Waals surface area contributed by atoms with Crippen LogP contribution in [0.1, 0.15) is 23.2 Å². The maximum Gasteiger partial charge on any atom is 0.410 e. The van der Waals surface area contributed by atoms with E-state index in [9.17, 15) is 9.59 Å². The van der Waals surface area contributed by atoms with Crippen molar-refractivity contribution in [3.8, 4) is 5.75 Å². The van der Waals surface area contributed by atoms with Crippen molar-refractivity contribution in [3.63, 3.8) is 0 Å². The zero-order chi connectivity index (χ0) is 15.4. The lowest BCUT2D eigenvalue weighted by Gasteiger charge is -2.30. The number of piperidine rings is 1. The van der Waals surface area contributed by atoms with Crippen LogP contribution in [0.15, 0.2) is 18.2 Å². The van der Waals surface area contributed by atoms with E-state index in [0.717, 1.165) is 25.9 Å². The molecule has 0 spiro atoms. The van der Waals surface area contributed by atoms with Gasteiger partial charge >= 0.3 is 6.09 Å². The van der Waals surface area contributed by atoms with Crippen LogP contribution in [0.2, 0.25) is 0 Å². The highest BCUT2D eigenvalue weighted by Gasteiger charge is 2.20. The molecule has 7 heteroatoms. The maximum atomic E-state index is 12.2. The smallest absolute Gasteiger partial charge is 0.408 e. The predicted octanol–water partition coefficient (Wildman–Crippen LogP) is 0.550. The van der Waals surface area contributed by atoms with Gasteiger partial charge in [-0.15, -0.1) is 0 Å². The van der Waals surface area contributed by atoms with Gasteiger partial charge in [-0.25, -0.2) is 4.79 Å². The molecule has 0 aliphatic carbocycles. The van der Waals surface area contributed by atoms with Crippen LogP contribution in [0.3, 0.4) is 0 Å². The van der Waals surface area contributed by atoms with Gasteiger partial charge in [0.25, 0.3) is 5.91 Å². The average molecular weight is 292 g/mol. The van der Waals surface area contributed by atoms with Gasteiger partial charge in [0.15, 0.2) is 5.75 Å². The summed E-state index contributed by atoms with van der Waals surface area (Å²) in [5.74, 6) is -0.125. The Morgan fingerprint density at radius 1 is 1.43 bits per heavy atom. The number of nitrogens with zero attached hydrogens (tertiary/aromatic N) is 1. The number of primary amides is 1. The summed E-state index contributed by atoms with van der Waals surface area (Å²) in [5.41, 5.74) is 11.3. The van der Waals surface area contributed by atoms with E-state index < -0.39 is 6.09 Å². The Morgan fingerprint density at radius 3 is 2.86 bits per heavy atom. The molecule has 0 saturated carbocycles. The van der Waals surface area contributed by atoms with Crippen LogP contribution in [0, 0.1) is 0 Å². The summed E-state index contributed by atoms with van der Waals surface area (Å²) in [4.78, 5) is 25.2. The molecule has 1 aromatic rings. The molecule has 21 heavy (non-hydrogen) atoms. The molecular formula is C14H20N4O3. The highest BCUT2D eigenvalue weighted by Crippen LogP contribution is 2.23. The summed E-state index contributed by atoms with van der Waals surface area (Å²) in [5, 5.41) is 2.97. The van der Waals surface area contributed by atoms with Crippen LogP contribution in [-0.4, -0.2) is 43.1 Å². The molecule has 1 heterocycles. The number of benzene rings is 1. The molecular weight excluding hydrogens is 272 g/mol. The van der Waals surface area contributed by atoms with E-state index in [1.54, 1.807) is 6.07 Å². The van der Waals surface area contributed by atoms with Gasteiger partial charge in [0.2, 0.25) is 0 Å². The molecule has 1 fully saturated rings. The first-order valence-electron chi connectivity index (χ1n) is 6.82. The molecule has 1 atom stereocenters. The lowest BCUT2D eigenvalue weighted by atomic mass is 10.1. The summed E-state index contributed by atoms with van der Waals surface area (Å²) >= 11 is 0. The zero-order valence-corrected chi connectivity index (χ0v) is 12.0. The van der Waals surface area contributed by atoms with Crippen molar-refractivity contribution in [1.82, 2.24) is 10.2 Å². The first-order chi connectivity index (χ1) is 9.95. The first kappa shape index (κ1) is 15.1. The monoisotopic (exact) mass is 292 g/mol. The van der Waals surface area contributed by atoms with Crippen molar-refractivity contribution >= 4 is 17.7 Å². The molecule has 5 N–H and O–H groups in total. The van der Waals surface area contributed by atoms with Crippen LogP contribution < -0.4 is 21.5 Å². The average Bonchev–Trinajstić information content (AvgIpc) is 2.40. The zero-order valence-electron chi connectivity index (χ0n) is 12.0. The number of nitrogens with two attached hydrogens (primary N) is 2. The molecule has 1 unspecified atom stereocenters. The molecule has 1 saturated heterocycles.